The molecule has 2 unspecified atom stereocenters. The summed E-state index contributed by atoms with van der Waals surface area (Å²) in [4.78, 5) is 14.1. The molecular formula is C13H20N2O2. The van der Waals surface area contributed by atoms with Crippen molar-refractivity contribution in [2.45, 2.75) is 25.5 Å². The van der Waals surface area contributed by atoms with Gasteiger partial charge in [-0.25, -0.2) is 0 Å². The number of hydrogen-bond acceptors (Lipinski definition) is 3. The van der Waals surface area contributed by atoms with E-state index in [0.29, 0.717) is 12.6 Å². The van der Waals surface area contributed by atoms with Crippen molar-refractivity contribution >= 4 is 5.78 Å². The third-order valence-electron chi connectivity index (χ3n) is 3.45. The molecule has 2 rings (SSSR count). The van der Waals surface area contributed by atoms with Gasteiger partial charge in [0.05, 0.1) is 12.6 Å². The molecule has 1 aliphatic heterocycles. The van der Waals surface area contributed by atoms with Gasteiger partial charge in [0, 0.05) is 37.7 Å². The van der Waals surface area contributed by atoms with Gasteiger partial charge in [-0.1, -0.05) is 0 Å². The van der Waals surface area contributed by atoms with Crippen molar-refractivity contribution in [2.75, 3.05) is 20.2 Å². The quantitative estimate of drug-likeness (QED) is 0.739. The minimum atomic E-state index is 0.173. The third-order valence-corrected chi connectivity index (χ3v) is 3.45. The zero-order valence-electron chi connectivity index (χ0n) is 10.7. The lowest BCUT2D eigenvalue weighted by molar-refractivity contribution is 0.0746. The van der Waals surface area contributed by atoms with Gasteiger partial charge in [0.25, 0.3) is 0 Å². The first kappa shape index (κ1) is 12.3. The molecule has 17 heavy (non-hydrogen) atoms. The number of hydrogen-bond donors (Lipinski definition) is 0. The van der Waals surface area contributed by atoms with E-state index in [0.717, 1.165) is 18.6 Å². The summed E-state index contributed by atoms with van der Waals surface area (Å²) in [5, 5.41) is 0. The van der Waals surface area contributed by atoms with Crippen molar-refractivity contribution in [3.8, 4) is 0 Å². The predicted molar refractivity (Wildman–Crippen MR) is 66.2 cm³/mol. The van der Waals surface area contributed by atoms with Crippen LogP contribution in [-0.4, -0.2) is 47.6 Å². The van der Waals surface area contributed by atoms with Crippen LogP contribution in [-0.2, 0) is 11.8 Å². The Morgan fingerprint density at radius 1 is 1.65 bits per heavy atom. The number of aryl methyl sites for hydroxylation is 1. The molecule has 0 saturated carbocycles. The number of ether oxygens (including phenoxy) is 1. The van der Waals surface area contributed by atoms with E-state index in [1.54, 1.807) is 0 Å². The van der Waals surface area contributed by atoms with Crippen molar-refractivity contribution in [2.24, 2.45) is 7.05 Å². The second-order valence-electron chi connectivity index (χ2n) is 4.84. The summed E-state index contributed by atoms with van der Waals surface area (Å²) in [5.41, 5.74) is 0.783. The lowest BCUT2D eigenvalue weighted by Gasteiger charge is -2.25. The van der Waals surface area contributed by atoms with Gasteiger partial charge in [0.2, 0.25) is 0 Å². The number of nitrogens with zero attached hydrogens (tertiary/aromatic N) is 2. The molecule has 0 bridgehead atoms. The lowest BCUT2D eigenvalue weighted by Crippen LogP contribution is -2.39. The number of carbonyl (C=O) groups is 1. The van der Waals surface area contributed by atoms with E-state index in [-0.39, 0.29) is 11.9 Å². The Hall–Kier alpha value is -1.13. The summed E-state index contributed by atoms with van der Waals surface area (Å²) in [6.07, 6.45) is 5.00. The van der Waals surface area contributed by atoms with Gasteiger partial charge < -0.3 is 9.30 Å². The number of rotatable bonds is 4. The predicted octanol–water partition coefficient (Wildman–Crippen LogP) is 1.32. The van der Waals surface area contributed by atoms with E-state index in [4.69, 9.17) is 4.74 Å². The fourth-order valence-electron chi connectivity index (χ4n) is 2.40. The van der Waals surface area contributed by atoms with Gasteiger partial charge in [-0.2, -0.15) is 0 Å². The van der Waals surface area contributed by atoms with Crippen molar-refractivity contribution in [1.29, 1.82) is 0 Å². The molecule has 0 radical (unpaired) electrons. The van der Waals surface area contributed by atoms with Crippen LogP contribution < -0.4 is 0 Å². The second kappa shape index (κ2) is 5.02. The van der Waals surface area contributed by atoms with Gasteiger partial charge in [-0.3, -0.25) is 9.69 Å². The molecule has 0 spiro atoms. The lowest BCUT2D eigenvalue weighted by atomic mass is 10.1. The number of ketones is 1. The number of Topliss-reactive ketones (excluding diaryl/α,β-unsaturated/α-hetero) is 1. The van der Waals surface area contributed by atoms with E-state index < -0.39 is 0 Å². The molecule has 2 heterocycles. The maximum absolute atomic E-state index is 12.0. The SMILES string of the molecule is CC1OCCC1N(C)CC(=O)c1ccn(C)c1. The summed E-state index contributed by atoms with van der Waals surface area (Å²) >= 11 is 0. The maximum atomic E-state index is 12.0. The molecule has 1 aromatic heterocycles. The normalized spacial score (nSPS) is 24.5. The summed E-state index contributed by atoms with van der Waals surface area (Å²) in [6.45, 7) is 3.33. The molecule has 2 atom stereocenters. The van der Waals surface area contributed by atoms with E-state index in [2.05, 4.69) is 11.8 Å². The number of aromatic nitrogens is 1. The van der Waals surface area contributed by atoms with Crippen LogP contribution >= 0.6 is 0 Å². The van der Waals surface area contributed by atoms with Crippen molar-refractivity contribution in [1.82, 2.24) is 9.47 Å². The molecule has 94 valence electrons. The average molecular weight is 236 g/mol. The standard InChI is InChI=1S/C13H20N2O2/c1-10-12(5-7-17-10)15(3)9-13(16)11-4-6-14(2)8-11/h4,6,8,10,12H,5,7,9H2,1-3H3. The highest BCUT2D eigenvalue weighted by atomic mass is 16.5. The fraction of sp³-hybridized carbons (Fsp3) is 0.615. The molecular weight excluding hydrogens is 216 g/mol. The first-order valence-corrected chi connectivity index (χ1v) is 6.05. The van der Waals surface area contributed by atoms with Crippen molar-refractivity contribution < 1.29 is 9.53 Å². The maximum Gasteiger partial charge on any atom is 0.178 e. The Morgan fingerprint density at radius 2 is 2.41 bits per heavy atom. The van der Waals surface area contributed by atoms with Crippen LogP contribution in [0.3, 0.4) is 0 Å². The monoisotopic (exact) mass is 236 g/mol. The Balaban J connectivity index is 1.94. The number of likely N-dealkylation sites (N-methyl/N-ethyl adjacent to an activating group) is 1. The van der Waals surface area contributed by atoms with Crippen LogP contribution in [0.2, 0.25) is 0 Å². The van der Waals surface area contributed by atoms with Crippen molar-refractivity contribution in [3.05, 3.63) is 24.0 Å². The summed E-state index contributed by atoms with van der Waals surface area (Å²) in [7, 11) is 3.92. The summed E-state index contributed by atoms with van der Waals surface area (Å²) < 4.78 is 7.42. The highest BCUT2D eigenvalue weighted by molar-refractivity contribution is 5.97. The molecule has 1 aromatic rings. The second-order valence-corrected chi connectivity index (χ2v) is 4.84. The largest absolute Gasteiger partial charge is 0.377 e. The van der Waals surface area contributed by atoms with Crippen LogP contribution in [0.15, 0.2) is 18.5 Å². The van der Waals surface area contributed by atoms with Crippen LogP contribution in [0, 0.1) is 0 Å². The molecule has 1 fully saturated rings. The summed E-state index contributed by atoms with van der Waals surface area (Å²) in [6, 6.07) is 2.23. The van der Waals surface area contributed by atoms with Gasteiger partial charge in [0.15, 0.2) is 5.78 Å². The smallest absolute Gasteiger partial charge is 0.178 e. The molecule has 1 saturated heterocycles. The van der Waals surface area contributed by atoms with Gasteiger partial charge in [-0.05, 0) is 26.5 Å². The first-order valence-electron chi connectivity index (χ1n) is 6.05. The Kier molecular flexibility index (Phi) is 3.64. The number of carbonyl (C=O) groups excluding carboxylic acids is 1. The van der Waals surface area contributed by atoms with E-state index in [1.165, 1.54) is 0 Å². The Labute approximate surface area is 102 Å². The molecule has 4 heteroatoms. The fourth-order valence-corrected chi connectivity index (χ4v) is 2.40. The summed E-state index contributed by atoms with van der Waals surface area (Å²) in [5.74, 6) is 0.173. The molecule has 0 aromatic carbocycles. The highest BCUT2D eigenvalue weighted by Crippen LogP contribution is 2.18. The zero-order chi connectivity index (χ0) is 12.4. The van der Waals surface area contributed by atoms with Crippen LogP contribution in [0.1, 0.15) is 23.7 Å². The van der Waals surface area contributed by atoms with Gasteiger partial charge in [-0.15, -0.1) is 0 Å². The van der Waals surface area contributed by atoms with E-state index in [1.807, 2.05) is 37.1 Å². The minimum Gasteiger partial charge on any atom is -0.377 e. The van der Waals surface area contributed by atoms with Gasteiger partial charge >= 0.3 is 0 Å². The van der Waals surface area contributed by atoms with Crippen LogP contribution in [0.25, 0.3) is 0 Å². The minimum absolute atomic E-state index is 0.173. The molecule has 4 nitrogen and oxygen atoms in total. The van der Waals surface area contributed by atoms with E-state index in [9.17, 15) is 4.79 Å². The highest BCUT2D eigenvalue weighted by Gasteiger charge is 2.28. The van der Waals surface area contributed by atoms with Crippen molar-refractivity contribution in [3.63, 3.8) is 0 Å². The Bertz CT molecular complexity index is 400. The van der Waals surface area contributed by atoms with Crippen LogP contribution in [0.4, 0.5) is 0 Å². The zero-order valence-corrected chi connectivity index (χ0v) is 10.7. The average Bonchev–Trinajstić information content (AvgIpc) is 2.86. The third kappa shape index (κ3) is 2.76. The molecule has 0 N–H and O–H groups in total. The molecule has 0 aliphatic carbocycles. The first-order chi connectivity index (χ1) is 8.08. The molecule has 1 aliphatic rings. The molecule has 0 amide bonds. The van der Waals surface area contributed by atoms with E-state index >= 15 is 0 Å². The van der Waals surface area contributed by atoms with Crippen LogP contribution in [0.5, 0.6) is 0 Å². The topological polar surface area (TPSA) is 34.5 Å². The van der Waals surface area contributed by atoms with Gasteiger partial charge in [0.1, 0.15) is 0 Å². The Morgan fingerprint density at radius 3 is 2.94 bits per heavy atom.